The molecule has 1 amide bonds. The van der Waals surface area contributed by atoms with Gasteiger partial charge < -0.3 is 10.6 Å². The Balaban J connectivity index is 1.79. The zero-order valence-corrected chi connectivity index (χ0v) is 13.5. The van der Waals surface area contributed by atoms with Crippen molar-refractivity contribution in [1.82, 2.24) is 5.32 Å². The number of anilines is 1. The Kier molecular flexibility index (Phi) is 5.66. The molecule has 0 spiro atoms. The van der Waals surface area contributed by atoms with Crippen LogP contribution in [0.4, 0.5) is 5.69 Å². The van der Waals surface area contributed by atoms with E-state index in [1.54, 1.807) is 0 Å². The lowest BCUT2D eigenvalue weighted by Gasteiger charge is -2.26. The van der Waals surface area contributed by atoms with Crippen LogP contribution in [0.2, 0.25) is 0 Å². The van der Waals surface area contributed by atoms with Crippen LogP contribution >= 0.6 is 0 Å². The van der Waals surface area contributed by atoms with E-state index < -0.39 is 0 Å². The van der Waals surface area contributed by atoms with Crippen LogP contribution in [0.3, 0.4) is 0 Å². The van der Waals surface area contributed by atoms with Gasteiger partial charge in [-0.3, -0.25) is 4.79 Å². The molecule has 2 atom stereocenters. The van der Waals surface area contributed by atoms with Gasteiger partial charge in [-0.25, -0.2) is 0 Å². The predicted molar refractivity (Wildman–Crippen MR) is 88.4 cm³/mol. The molecule has 0 radical (unpaired) electrons. The van der Waals surface area contributed by atoms with Crippen LogP contribution in [-0.2, 0) is 11.2 Å². The smallest absolute Gasteiger partial charge is 0.225 e. The molecule has 1 aliphatic heterocycles. The highest BCUT2D eigenvalue weighted by atomic mass is 16.1. The minimum atomic E-state index is 0.0486. The average Bonchev–Trinajstić information content (AvgIpc) is 2.46. The highest BCUT2D eigenvalue weighted by Gasteiger charge is 2.24. The lowest BCUT2D eigenvalue weighted by atomic mass is 9.93. The van der Waals surface area contributed by atoms with Gasteiger partial charge in [0.2, 0.25) is 5.91 Å². The molecular weight excluding hydrogens is 260 g/mol. The van der Waals surface area contributed by atoms with Gasteiger partial charge in [-0.05, 0) is 37.3 Å². The van der Waals surface area contributed by atoms with Crippen LogP contribution in [0.25, 0.3) is 0 Å². The minimum Gasteiger partial charge on any atom is -0.384 e. The fourth-order valence-corrected chi connectivity index (χ4v) is 2.89. The van der Waals surface area contributed by atoms with E-state index in [1.165, 1.54) is 24.1 Å². The Morgan fingerprint density at radius 1 is 1.29 bits per heavy atom. The van der Waals surface area contributed by atoms with Crippen LogP contribution < -0.4 is 10.6 Å². The van der Waals surface area contributed by atoms with Crippen molar-refractivity contribution < 1.29 is 4.79 Å². The van der Waals surface area contributed by atoms with Crippen LogP contribution in [0, 0.1) is 11.8 Å². The number of fused-ring (bicyclic) bond motifs is 1. The van der Waals surface area contributed by atoms with E-state index in [-0.39, 0.29) is 17.9 Å². The van der Waals surface area contributed by atoms with Crippen molar-refractivity contribution in [2.24, 2.45) is 11.8 Å². The molecule has 1 aromatic rings. The van der Waals surface area contributed by atoms with Crippen LogP contribution in [0.5, 0.6) is 0 Å². The number of para-hydroxylation sites is 1. The van der Waals surface area contributed by atoms with Gasteiger partial charge in [-0.2, -0.15) is 0 Å². The third-order valence-electron chi connectivity index (χ3n) is 4.20. The summed E-state index contributed by atoms with van der Waals surface area (Å²) in [6.45, 7) is 7.34. The fourth-order valence-electron chi connectivity index (χ4n) is 2.89. The number of rotatable bonds is 6. The molecular formula is C18H28N2O. The Bertz CT molecular complexity index is 470. The number of nitrogens with one attached hydrogen (secondary N) is 2. The second-order valence-corrected chi connectivity index (χ2v) is 6.67. The van der Waals surface area contributed by atoms with Crippen molar-refractivity contribution in [3.63, 3.8) is 0 Å². The van der Waals surface area contributed by atoms with E-state index >= 15 is 0 Å². The highest BCUT2D eigenvalue weighted by molar-refractivity contribution is 5.81. The minimum absolute atomic E-state index is 0.0486. The van der Waals surface area contributed by atoms with E-state index in [0.29, 0.717) is 0 Å². The molecule has 2 N–H and O–H groups in total. The summed E-state index contributed by atoms with van der Waals surface area (Å²) in [5.74, 6) is 0.980. The molecule has 0 aromatic heterocycles. The normalized spacial score (nSPS) is 18.8. The van der Waals surface area contributed by atoms with E-state index in [9.17, 15) is 4.79 Å². The Hall–Kier alpha value is -1.51. The first-order valence-corrected chi connectivity index (χ1v) is 8.18. The SMILES string of the molecule is CC(C)CCCC(C)NC(=O)C1CNc2ccccc2C1. The number of carbonyl (C=O) groups excluding carboxylic acids is 1. The Morgan fingerprint density at radius 3 is 2.81 bits per heavy atom. The summed E-state index contributed by atoms with van der Waals surface area (Å²) in [6, 6.07) is 8.53. The van der Waals surface area contributed by atoms with Crippen molar-refractivity contribution in [2.45, 2.75) is 52.5 Å². The lowest BCUT2D eigenvalue weighted by molar-refractivity contribution is -0.125. The van der Waals surface area contributed by atoms with E-state index in [4.69, 9.17) is 0 Å². The molecule has 0 bridgehead atoms. The molecule has 0 saturated heterocycles. The van der Waals surface area contributed by atoms with Crippen molar-refractivity contribution in [3.8, 4) is 0 Å². The summed E-state index contributed by atoms with van der Waals surface area (Å²) < 4.78 is 0. The summed E-state index contributed by atoms with van der Waals surface area (Å²) in [5, 5.41) is 6.54. The quantitative estimate of drug-likeness (QED) is 0.839. The highest BCUT2D eigenvalue weighted by Crippen LogP contribution is 2.24. The van der Waals surface area contributed by atoms with Gasteiger partial charge in [0, 0.05) is 18.3 Å². The number of amides is 1. The Labute approximate surface area is 128 Å². The van der Waals surface area contributed by atoms with E-state index in [2.05, 4.69) is 43.5 Å². The molecule has 21 heavy (non-hydrogen) atoms. The first-order chi connectivity index (χ1) is 10.1. The van der Waals surface area contributed by atoms with Crippen molar-refractivity contribution in [2.75, 3.05) is 11.9 Å². The first kappa shape index (κ1) is 15.9. The van der Waals surface area contributed by atoms with Crippen LogP contribution in [0.15, 0.2) is 24.3 Å². The van der Waals surface area contributed by atoms with Gasteiger partial charge in [0.1, 0.15) is 0 Å². The summed E-state index contributed by atoms with van der Waals surface area (Å²) in [6.07, 6.45) is 4.33. The van der Waals surface area contributed by atoms with E-state index in [1.807, 2.05) is 12.1 Å². The van der Waals surface area contributed by atoms with Gasteiger partial charge >= 0.3 is 0 Å². The maximum absolute atomic E-state index is 12.4. The fraction of sp³-hybridized carbons (Fsp3) is 0.611. The topological polar surface area (TPSA) is 41.1 Å². The average molecular weight is 288 g/mol. The molecule has 2 unspecified atom stereocenters. The van der Waals surface area contributed by atoms with Crippen LogP contribution in [0.1, 0.15) is 45.6 Å². The maximum Gasteiger partial charge on any atom is 0.225 e. The largest absolute Gasteiger partial charge is 0.384 e. The summed E-state index contributed by atoms with van der Waals surface area (Å²) in [7, 11) is 0. The van der Waals surface area contributed by atoms with Crippen molar-refractivity contribution >= 4 is 11.6 Å². The number of carbonyl (C=O) groups is 1. The number of hydrogen-bond acceptors (Lipinski definition) is 2. The maximum atomic E-state index is 12.4. The third-order valence-corrected chi connectivity index (χ3v) is 4.20. The number of hydrogen-bond donors (Lipinski definition) is 2. The molecule has 0 aliphatic carbocycles. The molecule has 2 rings (SSSR count). The molecule has 116 valence electrons. The van der Waals surface area contributed by atoms with Gasteiger partial charge in [0.15, 0.2) is 0 Å². The molecule has 1 aromatic carbocycles. The third kappa shape index (κ3) is 4.76. The van der Waals surface area contributed by atoms with Gasteiger partial charge in [0.25, 0.3) is 0 Å². The van der Waals surface area contributed by atoms with Crippen molar-refractivity contribution in [1.29, 1.82) is 0 Å². The lowest BCUT2D eigenvalue weighted by Crippen LogP contribution is -2.42. The molecule has 3 heteroatoms. The second kappa shape index (κ2) is 7.48. The number of benzene rings is 1. The molecule has 3 nitrogen and oxygen atoms in total. The van der Waals surface area contributed by atoms with Crippen molar-refractivity contribution in [3.05, 3.63) is 29.8 Å². The first-order valence-electron chi connectivity index (χ1n) is 8.18. The van der Waals surface area contributed by atoms with Gasteiger partial charge in [-0.1, -0.05) is 44.9 Å². The summed E-state index contributed by atoms with van der Waals surface area (Å²) in [4.78, 5) is 12.4. The Morgan fingerprint density at radius 2 is 2.05 bits per heavy atom. The predicted octanol–water partition coefficient (Wildman–Crippen LogP) is 3.60. The van der Waals surface area contributed by atoms with Gasteiger partial charge in [-0.15, -0.1) is 0 Å². The zero-order valence-electron chi connectivity index (χ0n) is 13.5. The molecule has 0 fully saturated rings. The molecule has 1 aliphatic rings. The molecule has 1 heterocycles. The monoisotopic (exact) mass is 288 g/mol. The summed E-state index contributed by atoms with van der Waals surface area (Å²) in [5.41, 5.74) is 2.42. The molecule has 0 saturated carbocycles. The van der Waals surface area contributed by atoms with E-state index in [0.717, 1.165) is 25.3 Å². The zero-order chi connectivity index (χ0) is 15.2. The second-order valence-electron chi connectivity index (χ2n) is 6.67. The standard InChI is InChI=1S/C18H28N2O/c1-13(2)7-6-8-14(3)20-18(21)16-11-15-9-4-5-10-17(15)19-12-16/h4-5,9-10,13-14,16,19H,6-8,11-12H2,1-3H3,(H,20,21). The summed E-state index contributed by atoms with van der Waals surface area (Å²) >= 11 is 0. The van der Waals surface area contributed by atoms with Crippen LogP contribution in [-0.4, -0.2) is 18.5 Å². The van der Waals surface area contributed by atoms with Gasteiger partial charge in [0.05, 0.1) is 5.92 Å².